The molecule has 32 heavy (non-hydrogen) atoms. The number of hydrogen-bond acceptors (Lipinski definition) is 3. The van der Waals surface area contributed by atoms with Crippen molar-refractivity contribution in [2.75, 3.05) is 0 Å². The van der Waals surface area contributed by atoms with E-state index in [4.69, 9.17) is 0 Å². The number of fused-ring (bicyclic) bond motifs is 8. The van der Waals surface area contributed by atoms with Crippen LogP contribution >= 0.6 is 0 Å². The molecule has 8 bridgehead atoms. The van der Waals surface area contributed by atoms with Crippen molar-refractivity contribution in [2.45, 2.75) is 0 Å². The van der Waals surface area contributed by atoms with Gasteiger partial charge in [-0.1, -0.05) is 30.3 Å². The molecule has 0 spiro atoms. The van der Waals surface area contributed by atoms with Crippen LogP contribution in [0, 0.1) is 0 Å². The highest BCUT2D eigenvalue weighted by molar-refractivity contribution is 5.77. The Morgan fingerprint density at radius 3 is 1.25 bits per heavy atom. The SMILES string of the molecule is C1=Cc2cc3ccc(cc4nc(cc5ccc(cc1n2)[nH]5)C=C4)[nH]3.O=[C]c1ccccc1.[H+]. The van der Waals surface area contributed by atoms with E-state index in [1.807, 2.05) is 54.6 Å². The quantitative estimate of drug-likeness (QED) is 0.350. The molecule has 2 aliphatic rings. The molecule has 153 valence electrons. The van der Waals surface area contributed by atoms with Crippen LogP contribution in [-0.4, -0.2) is 26.2 Å². The summed E-state index contributed by atoms with van der Waals surface area (Å²) in [6.07, 6.45) is 9.87. The average molecular weight is 416 g/mol. The molecule has 0 aliphatic carbocycles. The number of rotatable bonds is 1. The third-order valence-corrected chi connectivity index (χ3v) is 4.93. The fourth-order valence-corrected chi connectivity index (χ4v) is 3.45. The fourth-order valence-electron chi connectivity index (χ4n) is 3.45. The highest BCUT2D eigenvalue weighted by Gasteiger charge is 2.01. The fraction of sp³-hybridized carbons (Fsp3) is 0. The van der Waals surface area contributed by atoms with E-state index in [1.54, 1.807) is 30.6 Å². The number of aromatic amines is 2. The standard InChI is InChI=1S/C20H14N4.C7H5O/c1-2-14-10-16-5-6-18(23-16)12-20-8-7-19(24-20)11-17-4-3-15(22-17)9-13(1)21-14;8-6-7-4-2-1-3-5-7/h1-12,21,24H;1-5H/p+1. The minimum atomic E-state index is 0. The molecule has 2 aliphatic heterocycles. The van der Waals surface area contributed by atoms with Gasteiger partial charge in [0.1, 0.15) is 0 Å². The first-order valence-corrected chi connectivity index (χ1v) is 10.2. The predicted molar refractivity (Wildman–Crippen MR) is 131 cm³/mol. The molecule has 2 N–H and O–H groups in total. The van der Waals surface area contributed by atoms with Crippen molar-refractivity contribution in [3.63, 3.8) is 0 Å². The Hall–Kier alpha value is -4.51. The van der Waals surface area contributed by atoms with Crippen LogP contribution in [0.25, 0.3) is 46.4 Å². The molecule has 6 rings (SSSR count). The molecule has 5 heterocycles. The summed E-state index contributed by atoms with van der Waals surface area (Å²) in [6, 6.07) is 25.3. The number of aromatic nitrogens is 4. The van der Waals surface area contributed by atoms with Gasteiger partial charge in [-0.15, -0.1) is 0 Å². The summed E-state index contributed by atoms with van der Waals surface area (Å²) in [5.74, 6) is 0. The zero-order valence-corrected chi connectivity index (χ0v) is 17.1. The second kappa shape index (κ2) is 8.70. The molecule has 0 fully saturated rings. The van der Waals surface area contributed by atoms with E-state index in [2.05, 4.69) is 44.2 Å². The molecule has 1 aromatic carbocycles. The van der Waals surface area contributed by atoms with Gasteiger partial charge in [0, 0.05) is 27.6 Å². The van der Waals surface area contributed by atoms with Gasteiger partial charge in [-0.25, -0.2) is 9.97 Å². The molecule has 0 amide bonds. The van der Waals surface area contributed by atoms with E-state index in [1.165, 1.54) is 0 Å². The number of nitrogens with one attached hydrogen (secondary N) is 2. The second-order valence-electron chi connectivity index (χ2n) is 7.37. The summed E-state index contributed by atoms with van der Waals surface area (Å²) >= 11 is 0. The van der Waals surface area contributed by atoms with Gasteiger partial charge in [0.05, 0.1) is 22.8 Å². The van der Waals surface area contributed by atoms with E-state index in [0.29, 0.717) is 5.56 Å². The van der Waals surface area contributed by atoms with E-state index in [-0.39, 0.29) is 1.43 Å². The van der Waals surface area contributed by atoms with Crippen molar-refractivity contribution in [2.24, 2.45) is 0 Å². The summed E-state index contributed by atoms with van der Waals surface area (Å²) in [6.45, 7) is 0. The van der Waals surface area contributed by atoms with E-state index >= 15 is 0 Å². The molecule has 3 aromatic heterocycles. The summed E-state index contributed by atoms with van der Waals surface area (Å²) in [5, 5.41) is 0. The average Bonchev–Trinajstić information content (AvgIpc) is 3.61. The zero-order valence-electron chi connectivity index (χ0n) is 18.1. The molecule has 5 nitrogen and oxygen atoms in total. The Bertz CT molecular complexity index is 1320. The Labute approximate surface area is 186 Å². The largest absolute Gasteiger partial charge is 1.00 e. The smallest absolute Gasteiger partial charge is 0.355 e. The normalized spacial score (nSPS) is 11.6. The van der Waals surface area contributed by atoms with Crippen LogP contribution < -0.4 is 0 Å². The molecular formula is C27H20N4O+. The summed E-state index contributed by atoms with van der Waals surface area (Å²) in [5.41, 5.74) is 8.46. The minimum Gasteiger partial charge on any atom is -0.355 e. The van der Waals surface area contributed by atoms with Gasteiger partial charge in [-0.05, 0) is 72.8 Å². The Morgan fingerprint density at radius 1 is 0.562 bits per heavy atom. The van der Waals surface area contributed by atoms with Crippen LogP contribution in [0.15, 0.2) is 78.9 Å². The van der Waals surface area contributed by atoms with Crippen LogP contribution in [0.1, 0.15) is 29.8 Å². The van der Waals surface area contributed by atoms with Gasteiger partial charge in [-0.3, -0.25) is 4.79 Å². The topological polar surface area (TPSA) is 74.4 Å². The number of H-pyrrole nitrogens is 2. The molecule has 0 saturated heterocycles. The van der Waals surface area contributed by atoms with Crippen LogP contribution in [-0.2, 0) is 4.79 Å². The lowest BCUT2D eigenvalue weighted by atomic mass is 10.2. The first-order valence-electron chi connectivity index (χ1n) is 10.2. The molecule has 0 saturated carbocycles. The molecule has 4 aromatic rings. The van der Waals surface area contributed by atoms with Crippen LogP contribution in [0.3, 0.4) is 0 Å². The third-order valence-electron chi connectivity index (χ3n) is 4.93. The van der Waals surface area contributed by atoms with Gasteiger partial charge in [-0.2, -0.15) is 0 Å². The second-order valence-corrected chi connectivity index (χ2v) is 7.37. The molecule has 0 atom stereocenters. The van der Waals surface area contributed by atoms with Gasteiger partial charge in [0.15, 0.2) is 0 Å². The molecular weight excluding hydrogens is 396 g/mol. The van der Waals surface area contributed by atoms with E-state index < -0.39 is 0 Å². The van der Waals surface area contributed by atoms with Crippen LogP contribution in [0.4, 0.5) is 0 Å². The summed E-state index contributed by atoms with van der Waals surface area (Å²) < 4.78 is 0. The number of nitrogens with zero attached hydrogens (tertiary/aromatic N) is 2. The van der Waals surface area contributed by atoms with Gasteiger partial charge < -0.3 is 9.97 Å². The van der Waals surface area contributed by atoms with Crippen molar-refractivity contribution in [3.8, 4) is 0 Å². The predicted octanol–water partition coefficient (Wildman–Crippen LogP) is 5.91. The molecule has 0 unspecified atom stereocenters. The van der Waals surface area contributed by atoms with Gasteiger partial charge in [0.2, 0.25) is 6.29 Å². The summed E-state index contributed by atoms with van der Waals surface area (Å²) in [7, 11) is 0. The van der Waals surface area contributed by atoms with Crippen LogP contribution in [0.5, 0.6) is 0 Å². The lowest BCUT2D eigenvalue weighted by molar-refractivity contribution is 0.563. The number of carbonyl (C=O) groups excluding carboxylic acids is 1. The van der Waals surface area contributed by atoms with Crippen LogP contribution in [0.2, 0.25) is 0 Å². The lowest BCUT2D eigenvalue weighted by Gasteiger charge is -1.85. The number of benzene rings is 1. The zero-order chi connectivity index (χ0) is 21.8. The van der Waals surface area contributed by atoms with Crippen molar-refractivity contribution in [3.05, 3.63) is 107 Å². The Balaban J connectivity index is 0.000000247. The highest BCUT2D eigenvalue weighted by atomic mass is 16.1. The maximum absolute atomic E-state index is 9.88. The van der Waals surface area contributed by atoms with Crippen molar-refractivity contribution >= 4 is 52.7 Å². The Morgan fingerprint density at radius 2 is 0.938 bits per heavy atom. The van der Waals surface area contributed by atoms with E-state index in [9.17, 15) is 4.79 Å². The maximum atomic E-state index is 9.88. The lowest BCUT2D eigenvalue weighted by Crippen LogP contribution is -1.75. The van der Waals surface area contributed by atoms with Gasteiger partial charge in [0.25, 0.3) is 0 Å². The Kier molecular flexibility index (Phi) is 5.29. The summed E-state index contributed by atoms with van der Waals surface area (Å²) in [4.78, 5) is 25.9. The van der Waals surface area contributed by atoms with Gasteiger partial charge >= 0.3 is 1.43 Å². The first kappa shape index (κ1) is 19.5. The van der Waals surface area contributed by atoms with Crippen molar-refractivity contribution < 1.29 is 6.22 Å². The minimum absolute atomic E-state index is 0. The van der Waals surface area contributed by atoms with Crippen molar-refractivity contribution in [1.29, 1.82) is 0 Å². The molecule has 5 heteroatoms. The third kappa shape index (κ3) is 4.63. The first-order chi connectivity index (χ1) is 15.7. The highest BCUT2D eigenvalue weighted by Crippen LogP contribution is 2.16. The monoisotopic (exact) mass is 416 g/mol. The van der Waals surface area contributed by atoms with Crippen molar-refractivity contribution in [1.82, 2.24) is 19.9 Å². The molecule has 1 radical (unpaired) electrons. The van der Waals surface area contributed by atoms with E-state index in [0.717, 1.165) is 44.8 Å². The number of hydrogen-bond donors (Lipinski definition) is 2. The maximum Gasteiger partial charge on any atom is 1.00 e.